The average Bonchev–Trinajstić information content (AvgIpc) is 2.52. The van der Waals surface area contributed by atoms with Gasteiger partial charge in [-0.05, 0) is 55.0 Å². The average molecular weight is 277 g/mol. The van der Waals surface area contributed by atoms with E-state index in [1.54, 1.807) is 12.1 Å². The molecular formula is C19H16FN. The van der Waals surface area contributed by atoms with Crippen molar-refractivity contribution in [1.29, 1.82) is 0 Å². The van der Waals surface area contributed by atoms with E-state index in [2.05, 4.69) is 36.1 Å². The highest BCUT2D eigenvalue weighted by Crippen LogP contribution is 2.35. The summed E-state index contributed by atoms with van der Waals surface area (Å²) in [4.78, 5) is 2.13. The van der Waals surface area contributed by atoms with E-state index in [9.17, 15) is 4.39 Å². The van der Waals surface area contributed by atoms with E-state index in [0.29, 0.717) is 0 Å². The van der Waals surface area contributed by atoms with Crippen LogP contribution in [0.4, 0.5) is 21.5 Å². The molecule has 3 aromatic rings. The summed E-state index contributed by atoms with van der Waals surface area (Å²) in [5.74, 6) is -0.225. The minimum atomic E-state index is -0.225. The van der Waals surface area contributed by atoms with Gasteiger partial charge in [0.1, 0.15) is 5.82 Å². The number of hydrogen-bond donors (Lipinski definition) is 0. The number of anilines is 3. The molecule has 0 radical (unpaired) electrons. The van der Waals surface area contributed by atoms with Crippen molar-refractivity contribution in [2.45, 2.75) is 6.92 Å². The first-order valence-electron chi connectivity index (χ1n) is 6.92. The van der Waals surface area contributed by atoms with E-state index in [1.807, 2.05) is 30.3 Å². The molecule has 2 heteroatoms. The Kier molecular flexibility index (Phi) is 3.69. The van der Waals surface area contributed by atoms with Crippen molar-refractivity contribution in [2.24, 2.45) is 0 Å². The Labute approximate surface area is 124 Å². The molecule has 0 heterocycles. The molecule has 0 aromatic heterocycles. The SMILES string of the molecule is Cc1ccccc1N(c1ccccc1)c1ccc(F)cc1. The maximum absolute atomic E-state index is 13.2. The van der Waals surface area contributed by atoms with Crippen LogP contribution >= 0.6 is 0 Å². The van der Waals surface area contributed by atoms with E-state index < -0.39 is 0 Å². The van der Waals surface area contributed by atoms with Crippen molar-refractivity contribution in [3.8, 4) is 0 Å². The van der Waals surface area contributed by atoms with Crippen molar-refractivity contribution in [3.63, 3.8) is 0 Å². The summed E-state index contributed by atoms with van der Waals surface area (Å²) in [6.07, 6.45) is 0. The molecule has 0 aliphatic rings. The van der Waals surface area contributed by atoms with Crippen LogP contribution in [0.15, 0.2) is 78.9 Å². The van der Waals surface area contributed by atoms with Crippen LogP contribution in [-0.4, -0.2) is 0 Å². The Morgan fingerprint density at radius 2 is 1.24 bits per heavy atom. The third kappa shape index (κ3) is 2.79. The number of para-hydroxylation sites is 2. The van der Waals surface area contributed by atoms with E-state index in [-0.39, 0.29) is 5.82 Å². The third-order valence-corrected chi connectivity index (χ3v) is 3.46. The topological polar surface area (TPSA) is 3.24 Å². The van der Waals surface area contributed by atoms with Crippen LogP contribution in [0, 0.1) is 12.7 Å². The predicted molar refractivity (Wildman–Crippen MR) is 85.8 cm³/mol. The molecule has 0 fully saturated rings. The Hall–Kier alpha value is -2.61. The van der Waals surface area contributed by atoms with Crippen LogP contribution in [0.25, 0.3) is 0 Å². The van der Waals surface area contributed by atoms with Gasteiger partial charge >= 0.3 is 0 Å². The highest BCUT2D eigenvalue weighted by molar-refractivity contribution is 5.78. The van der Waals surface area contributed by atoms with Crippen LogP contribution < -0.4 is 4.90 Å². The second-order valence-corrected chi connectivity index (χ2v) is 4.93. The quantitative estimate of drug-likeness (QED) is 0.602. The first kappa shape index (κ1) is 13.4. The zero-order valence-electron chi connectivity index (χ0n) is 11.8. The monoisotopic (exact) mass is 277 g/mol. The molecule has 3 aromatic carbocycles. The van der Waals surface area contributed by atoms with Gasteiger partial charge in [-0.1, -0.05) is 36.4 Å². The number of rotatable bonds is 3. The number of halogens is 1. The van der Waals surface area contributed by atoms with Crippen molar-refractivity contribution in [3.05, 3.63) is 90.2 Å². The van der Waals surface area contributed by atoms with Gasteiger partial charge in [-0.25, -0.2) is 4.39 Å². The summed E-state index contributed by atoms with van der Waals surface area (Å²) in [5.41, 5.74) is 4.26. The fourth-order valence-electron chi connectivity index (χ4n) is 2.41. The number of hydrogen-bond acceptors (Lipinski definition) is 1. The van der Waals surface area contributed by atoms with Crippen molar-refractivity contribution in [1.82, 2.24) is 0 Å². The maximum atomic E-state index is 13.2. The minimum Gasteiger partial charge on any atom is -0.310 e. The Morgan fingerprint density at radius 3 is 1.90 bits per heavy atom. The Bertz CT molecular complexity index is 720. The Morgan fingerprint density at radius 1 is 0.667 bits per heavy atom. The lowest BCUT2D eigenvalue weighted by atomic mass is 10.1. The van der Waals surface area contributed by atoms with Crippen LogP contribution in [0.3, 0.4) is 0 Å². The van der Waals surface area contributed by atoms with E-state index in [4.69, 9.17) is 0 Å². The van der Waals surface area contributed by atoms with Crippen LogP contribution in [-0.2, 0) is 0 Å². The van der Waals surface area contributed by atoms with Gasteiger partial charge in [-0.3, -0.25) is 0 Å². The summed E-state index contributed by atoms with van der Waals surface area (Å²) in [6.45, 7) is 2.08. The van der Waals surface area contributed by atoms with Crippen molar-refractivity contribution in [2.75, 3.05) is 4.90 Å². The molecular weight excluding hydrogens is 261 g/mol. The van der Waals surface area contributed by atoms with E-state index in [0.717, 1.165) is 17.1 Å². The maximum Gasteiger partial charge on any atom is 0.123 e. The number of nitrogens with zero attached hydrogens (tertiary/aromatic N) is 1. The molecule has 0 aliphatic heterocycles. The van der Waals surface area contributed by atoms with E-state index in [1.165, 1.54) is 17.7 Å². The second kappa shape index (κ2) is 5.80. The van der Waals surface area contributed by atoms with Gasteiger partial charge in [0.2, 0.25) is 0 Å². The summed E-state index contributed by atoms with van der Waals surface area (Å²) >= 11 is 0. The predicted octanol–water partition coefficient (Wildman–Crippen LogP) is 5.60. The number of benzene rings is 3. The number of aryl methyl sites for hydroxylation is 1. The van der Waals surface area contributed by atoms with Gasteiger partial charge in [0.15, 0.2) is 0 Å². The summed E-state index contributed by atoms with van der Waals surface area (Å²) in [6, 6.07) is 24.9. The summed E-state index contributed by atoms with van der Waals surface area (Å²) < 4.78 is 13.2. The molecule has 0 bridgehead atoms. The lowest BCUT2D eigenvalue weighted by Gasteiger charge is -2.26. The fraction of sp³-hybridized carbons (Fsp3) is 0.0526. The molecule has 21 heavy (non-hydrogen) atoms. The molecule has 0 spiro atoms. The van der Waals surface area contributed by atoms with Gasteiger partial charge in [-0.15, -0.1) is 0 Å². The minimum absolute atomic E-state index is 0.225. The molecule has 104 valence electrons. The molecule has 0 saturated carbocycles. The van der Waals surface area contributed by atoms with E-state index >= 15 is 0 Å². The Balaban J connectivity index is 2.16. The van der Waals surface area contributed by atoms with Crippen molar-refractivity contribution < 1.29 is 4.39 Å². The highest BCUT2D eigenvalue weighted by atomic mass is 19.1. The molecule has 3 rings (SSSR count). The van der Waals surface area contributed by atoms with Gasteiger partial charge in [-0.2, -0.15) is 0 Å². The highest BCUT2D eigenvalue weighted by Gasteiger charge is 2.13. The standard InChI is InChI=1S/C19H16FN/c1-15-7-5-6-10-19(15)21(17-8-3-2-4-9-17)18-13-11-16(20)12-14-18/h2-14H,1H3. The molecule has 0 amide bonds. The molecule has 1 nitrogen and oxygen atoms in total. The second-order valence-electron chi connectivity index (χ2n) is 4.93. The zero-order valence-corrected chi connectivity index (χ0v) is 11.8. The van der Waals surface area contributed by atoms with Crippen LogP contribution in [0.5, 0.6) is 0 Å². The van der Waals surface area contributed by atoms with Gasteiger partial charge in [0, 0.05) is 17.1 Å². The first-order valence-corrected chi connectivity index (χ1v) is 6.92. The summed E-state index contributed by atoms with van der Waals surface area (Å²) in [7, 11) is 0. The normalized spacial score (nSPS) is 10.4. The zero-order chi connectivity index (χ0) is 14.7. The van der Waals surface area contributed by atoms with Gasteiger partial charge in [0.05, 0.1) is 0 Å². The molecule has 0 atom stereocenters. The lowest BCUT2D eigenvalue weighted by molar-refractivity contribution is 0.628. The molecule has 0 unspecified atom stereocenters. The van der Waals surface area contributed by atoms with Crippen LogP contribution in [0.2, 0.25) is 0 Å². The lowest BCUT2D eigenvalue weighted by Crippen LogP contribution is -2.11. The molecule has 0 aliphatic carbocycles. The van der Waals surface area contributed by atoms with Crippen molar-refractivity contribution >= 4 is 17.1 Å². The smallest absolute Gasteiger partial charge is 0.123 e. The fourth-order valence-corrected chi connectivity index (χ4v) is 2.41. The first-order chi connectivity index (χ1) is 10.3. The van der Waals surface area contributed by atoms with Gasteiger partial charge in [0.25, 0.3) is 0 Å². The van der Waals surface area contributed by atoms with Crippen LogP contribution in [0.1, 0.15) is 5.56 Å². The molecule has 0 saturated heterocycles. The largest absolute Gasteiger partial charge is 0.310 e. The third-order valence-electron chi connectivity index (χ3n) is 3.46. The summed E-state index contributed by atoms with van der Waals surface area (Å²) in [5, 5.41) is 0. The molecule has 0 N–H and O–H groups in total. The van der Waals surface area contributed by atoms with Gasteiger partial charge < -0.3 is 4.90 Å².